The molecule has 0 heterocycles. The van der Waals surface area contributed by atoms with Crippen molar-refractivity contribution in [3.8, 4) is 0 Å². The SMILES string of the molecule is Cc1c(C(=O)O)cccc1C(=O)O.OCCCCCCCCCCCCO. The van der Waals surface area contributed by atoms with Crippen molar-refractivity contribution in [3.05, 3.63) is 34.9 Å². The third-order valence-electron chi connectivity index (χ3n) is 4.36. The van der Waals surface area contributed by atoms with E-state index in [4.69, 9.17) is 20.4 Å². The number of aromatic carboxylic acids is 2. The smallest absolute Gasteiger partial charge is 0.335 e. The molecule has 0 radical (unpaired) electrons. The van der Waals surface area contributed by atoms with Crippen LogP contribution in [0, 0.1) is 6.92 Å². The molecule has 1 aromatic rings. The van der Waals surface area contributed by atoms with E-state index in [0.717, 1.165) is 12.8 Å². The van der Waals surface area contributed by atoms with Gasteiger partial charge in [-0.2, -0.15) is 0 Å². The lowest BCUT2D eigenvalue weighted by atomic mass is 10.0. The summed E-state index contributed by atoms with van der Waals surface area (Å²) in [6, 6.07) is 4.17. The summed E-state index contributed by atoms with van der Waals surface area (Å²) >= 11 is 0. The molecule has 0 saturated carbocycles. The average Bonchev–Trinajstić information content (AvgIpc) is 2.63. The first-order chi connectivity index (χ1) is 13.0. The highest BCUT2D eigenvalue weighted by molar-refractivity contribution is 5.96. The van der Waals surface area contributed by atoms with Crippen molar-refractivity contribution in [2.24, 2.45) is 0 Å². The van der Waals surface area contributed by atoms with Crippen LogP contribution in [0.15, 0.2) is 18.2 Å². The minimum atomic E-state index is -1.11. The average molecular weight is 382 g/mol. The van der Waals surface area contributed by atoms with Gasteiger partial charge in [-0.3, -0.25) is 0 Å². The maximum atomic E-state index is 10.6. The molecule has 0 atom stereocenters. The Morgan fingerprint density at radius 3 is 1.22 bits per heavy atom. The zero-order valence-electron chi connectivity index (χ0n) is 16.3. The molecule has 1 aromatic carbocycles. The largest absolute Gasteiger partial charge is 0.478 e. The van der Waals surface area contributed by atoms with E-state index in [1.807, 2.05) is 0 Å². The van der Waals surface area contributed by atoms with Crippen LogP contribution in [0.3, 0.4) is 0 Å². The molecule has 6 nitrogen and oxygen atoms in total. The zero-order chi connectivity index (χ0) is 20.5. The topological polar surface area (TPSA) is 115 Å². The number of hydrogen-bond acceptors (Lipinski definition) is 4. The molecule has 154 valence electrons. The predicted octanol–water partition coefficient (Wildman–Crippen LogP) is 4.26. The highest BCUT2D eigenvalue weighted by atomic mass is 16.4. The summed E-state index contributed by atoms with van der Waals surface area (Å²) in [6.45, 7) is 2.18. The van der Waals surface area contributed by atoms with Crippen molar-refractivity contribution in [1.82, 2.24) is 0 Å². The van der Waals surface area contributed by atoms with Gasteiger partial charge >= 0.3 is 11.9 Å². The van der Waals surface area contributed by atoms with Gasteiger partial charge in [-0.1, -0.05) is 57.4 Å². The van der Waals surface area contributed by atoms with Gasteiger partial charge in [0.2, 0.25) is 0 Å². The Morgan fingerprint density at radius 2 is 0.963 bits per heavy atom. The van der Waals surface area contributed by atoms with Gasteiger partial charge in [0.1, 0.15) is 0 Å². The van der Waals surface area contributed by atoms with Crippen molar-refractivity contribution in [2.75, 3.05) is 13.2 Å². The number of hydrogen-bond donors (Lipinski definition) is 4. The molecule has 0 amide bonds. The maximum Gasteiger partial charge on any atom is 0.335 e. The van der Waals surface area contributed by atoms with E-state index in [1.165, 1.54) is 76.5 Å². The summed E-state index contributed by atoms with van der Waals surface area (Å²) < 4.78 is 0. The van der Waals surface area contributed by atoms with Gasteiger partial charge in [0.15, 0.2) is 0 Å². The van der Waals surface area contributed by atoms with Gasteiger partial charge < -0.3 is 20.4 Å². The summed E-state index contributed by atoms with van der Waals surface area (Å²) in [5.74, 6) is -2.22. The molecule has 0 bridgehead atoms. The fourth-order valence-corrected chi connectivity index (χ4v) is 2.74. The predicted molar refractivity (Wildman–Crippen MR) is 105 cm³/mol. The van der Waals surface area contributed by atoms with Gasteiger partial charge in [0.05, 0.1) is 11.1 Å². The monoisotopic (exact) mass is 382 g/mol. The summed E-state index contributed by atoms with van der Waals surface area (Å²) in [7, 11) is 0. The molecule has 4 N–H and O–H groups in total. The van der Waals surface area contributed by atoms with E-state index in [-0.39, 0.29) is 16.7 Å². The molecular formula is C21H34O6. The normalized spacial score (nSPS) is 10.2. The van der Waals surface area contributed by atoms with Crippen molar-refractivity contribution in [2.45, 2.75) is 71.1 Å². The van der Waals surface area contributed by atoms with E-state index in [0.29, 0.717) is 13.2 Å². The molecule has 0 aliphatic rings. The van der Waals surface area contributed by atoms with Gasteiger partial charge in [0, 0.05) is 13.2 Å². The number of aliphatic hydroxyl groups is 2. The number of rotatable bonds is 13. The highest BCUT2D eigenvalue weighted by Gasteiger charge is 2.13. The Labute approximate surface area is 161 Å². The third kappa shape index (κ3) is 12.2. The number of unbranched alkanes of at least 4 members (excludes halogenated alkanes) is 9. The number of carboxylic acids is 2. The first-order valence-corrected chi connectivity index (χ1v) is 9.73. The first kappa shape index (κ1) is 25.1. The van der Waals surface area contributed by atoms with Crippen LogP contribution in [-0.4, -0.2) is 45.6 Å². The fourth-order valence-electron chi connectivity index (χ4n) is 2.74. The standard InChI is InChI=1S/C12H26O2.C9H8O4/c13-11-9-7-5-3-1-2-4-6-8-10-12-14;1-5-6(8(10)11)3-2-4-7(5)9(12)13/h13-14H,1-12H2;2-4H,1H3,(H,10,11)(H,12,13). The lowest BCUT2D eigenvalue weighted by Crippen LogP contribution is -2.06. The van der Waals surface area contributed by atoms with Crippen molar-refractivity contribution in [1.29, 1.82) is 0 Å². The molecule has 0 aromatic heterocycles. The molecule has 27 heavy (non-hydrogen) atoms. The van der Waals surface area contributed by atoms with E-state index < -0.39 is 11.9 Å². The van der Waals surface area contributed by atoms with E-state index >= 15 is 0 Å². The van der Waals surface area contributed by atoms with Crippen LogP contribution >= 0.6 is 0 Å². The molecule has 0 saturated heterocycles. The lowest BCUT2D eigenvalue weighted by molar-refractivity contribution is 0.0696. The van der Waals surface area contributed by atoms with Crippen LogP contribution in [0.25, 0.3) is 0 Å². The Hall–Kier alpha value is -1.92. The van der Waals surface area contributed by atoms with Crippen LogP contribution in [0.4, 0.5) is 0 Å². The minimum Gasteiger partial charge on any atom is -0.478 e. The number of carboxylic acid groups (broad SMARTS) is 2. The molecule has 0 spiro atoms. The van der Waals surface area contributed by atoms with Crippen LogP contribution in [-0.2, 0) is 0 Å². The van der Waals surface area contributed by atoms with E-state index in [2.05, 4.69) is 0 Å². The number of carbonyl (C=O) groups is 2. The summed E-state index contributed by atoms with van der Waals surface area (Å²) in [5, 5.41) is 34.5. The number of benzene rings is 1. The van der Waals surface area contributed by atoms with E-state index in [9.17, 15) is 9.59 Å². The van der Waals surface area contributed by atoms with Crippen LogP contribution < -0.4 is 0 Å². The summed E-state index contributed by atoms with van der Waals surface area (Å²) in [4.78, 5) is 21.2. The van der Waals surface area contributed by atoms with Crippen molar-refractivity contribution < 1.29 is 30.0 Å². The fraction of sp³-hybridized carbons (Fsp3) is 0.619. The Balaban J connectivity index is 0.000000501. The second-order valence-electron chi connectivity index (χ2n) is 6.57. The maximum absolute atomic E-state index is 10.6. The minimum absolute atomic E-state index is 0.0277. The second kappa shape index (κ2) is 16.3. The summed E-state index contributed by atoms with van der Waals surface area (Å²) in [6.07, 6.45) is 12.2. The molecule has 0 aliphatic heterocycles. The van der Waals surface area contributed by atoms with Gasteiger partial charge in [-0.25, -0.2) is 9.59 Å². The quantitative estimate of drug-likeness (QED) is 0.379. The molecule has 0 unspecified atom stereocenters. The van der Waals surface area contributed by atoms with Gasteiger partial charge in [-0.05, 0) is 37.5 Å². The van der Waals surface area contributed by atoms with Crippen LogP contribution in [0.1, 0.15) is 90.5 Å². The number of aliphatic hydroxyl groups excluding tert-OH is 2. The van der Waals surface area contributed by atoms with Gasteiger partial charge in [0.25, 0.3) is 0 Å². The lowest BCUT2D eigenvalue weighted by Gasteiger charge is -2.03. The zero-order valence-corrected chi connectivity index (χ0v) is 16.3. The van der Waals surface area contributed by atoms with E-state index in [1.54, 1.807) is 0 Å². The summed E-state index contributed by atoms with van der Waals surface area (Å²) in [5.41, 5.74) is 0.335. The van der Waals surface area contributed by atoms with Crippen molar-refractivity contribution in [3.63, 3.8) is 0 Å². The van der Waals surface area contributed by atoms with Gasteiger partial charge in [-0.15, -0.1) is 0 Å². The third-order valence-corrected chi connectivity index (χ3v) is 4.36. The molecule has 0 fully saturated rings. The Bertz CT molecular complexity index is 497. The van der Waals surface area contributed by atoms with Crippen molar-refractivity contribution >= 4 is 11.9 Å². The van der Waals surface area contributed by atoms with Crippen LogP contribution in [0.5, 0.6) is 0 Å². The second-order valence-corrected chi connectivity index (χ2v) is 6.57. The molecule has 1 rings (SSSR count). The Morgan fingerprint density at radius 1 is 0.667 bits per heavy atom. The molecular weight excluding hydrogens is 348 g/mol. The van der Waals surface area contributed by atoms with Crippen LogP contribution in [0.2, 0.25) is 0 Å². The first-order valence-electron chi connectivity index (χ1n) is 9.73. The Kier molecular flexibility index (Phi) is 15.1. The highest BCUT2D eigenvalue weighted by Crippen LogP contribution is 2.13. The molecule has 6 heteroatoms. The molecule has 0 aliphatic carbocycles.